The van der Waals surface area contributed by atoms with Gasteiger partial charge < -0.3 is 5.73 Å². The second kappa shape index (κ2) is 4.70. The van der Waals surface area contributed by atoms with Crippen LogP contribution in [0.3, 0.4) is 0 Å². The van der Waals surface area contributed by atoms with Gasteiger partial charge in [-0.1, -0.05) is 23.4 Å². The van der Waals surface area contributed by atoms with Gasteiger partial charge in [-0.15, -0.1) is 5.10 Å². The Labute approximate surface area is 88.7 Å². The van der Waals surface area contributed by atoms with Crippen molar-refractivity contribution in [1.29, 1.82) is 0 Å². The second-order valence-electron chi connectivity index (χ2n) is 3.36. The first-order valence-corrected chi connectivity index (χ1v) is 5.07. The van der Waals surface area contributed by atoms with Crippen molar-refractivity contribution in [3.05, 3.63) is 42.2 Å². The topological polar surface area (TPSA) is 56.7 Å². The highest BCUT2D eigenvalue weighted by molar-refractivity contribution is 5.31. The molecule has 1 aromatic heterocycles. The molecule has 0 radical (unpaired) electrons. The van der Waals surface area contributed by atoms with Gasteiger partial charge in [0.2, 0.25) is 0 Å². The van der Waals surface area contributed by atoms with Crippen LogP contribution < -0.4 is 5.73 Å². The predicted octanol–water partition coefficient (Wildman–Crippen LogP) is 1.16. The van der Waals surface area contributed by atoms with Crippen LogP contribution in [0, 0.1) is 0 Å². The van der Waals surface area contributed by atoms with Crippen LogP contribution >= 0.6 is 0 Å². The van der Waals surface area contributed by atoms with Crippen LogP contribution in [0.4, 0.5) is 0 Å². The molecule has 2 rings (SSSR count). The minimum absolute atomic E-state index is 0.694. The van der Waals surface area contributed by atoms with Crippen molar-refractivity contribution in [1.82, 2.24) is 15.0 Å². The third kappa shape index (κ3) is 2.22. The molecule has 0 aliphatic heterocycles. The van der Waals surface area contributed by atoms with E-state index in [1.54, 1.807) is 6.20 Å². The van der Waals surface area contributed by atoms with E-state index in [-0.39, 0.29) is 0 Å². The smallest absolute Gasteiger partial charge is 0.0729 e. The summed E-state index contributed by atoms with van der Waals surface area (Å²) < 4.78 is 1.86. The number of aromatic nitrogens is 3. The third-order valence-corrected chi connectivity index (χ3v) is 2.26. The van der Waals surface area contributed by atoms with Gasteiger partial charge in [-0.05, 0) is 31.5 Å². The van der Waals surface area contributed by atoms with Crippen LogP contribution in [-0.4, -0.2) is 21.5 Å². The van der Waals surface area contributed by atoms with E-state index in [1.165, 1.54) is 0 Å². The number of rotatable bonds is 4. The first-order valence-electron chi connectivity index (χ1n) is 5.07. The summed E-state index contributed by atoms with van der Waals surface area (Å²) in [6, 6.07) is 9.99. The SMILES string of the molecule is NCCCc1cnnn1-c1ccccc1. The Bertz CT molecular complexity index is 408. The van der Waals surface area contributed by atoms with Crippen molar-refractivity contribution in [2.75, 3.05) is 6.54 Å². The average Bonchev–Trinajstić information content (AvgIpc) is 2.75. The van der Waals surface area contributed by atoms with E-state index < -0.39 is 0 Å². The predicted molar refractivity (Wildman–Crippen MR) is 58.7 cm³/mol. The summed E-state index contributed by atoms with van der Waals surface area (Å²) in [5, 5.41) is 7.99. The second-order valence-corrected chi connectivity index (χ2v) is 3.36. The molecule has 0 unspecified atom stereocenters. The molecule has 0 aliphatic rings. The molecular weight excluding hydrogens is 188 g/mol. The fourth-order valence-electron chi connectivity index (χ4n) is 1.50. The fourth-order valence-corrected chi connectivity index (χ4v) is 1.50. The van der Waals surface area contributed by atoms with Gasteiger partial charge in [-0.3, -0.25) is 0 Å². The van der Waals surface area contributed by atoms with E-state index >= 15 is 0 Å². The third-order valence-electron chi connectivity index (χ3n) is 2.26. The number of para-hydroxylation sites is 1. The van der Waals surface area contributed by atoms with Crippen molar-refractivity contribution in [3.63, 3.8) is 0 Å². The van der Waals surface area contributed by atoms with Crippen molar-refractivity contribution >= 4 is 0 Å². The van der Waals surface area contributed by atoms with E-state index in [1.807, 2.05) is 35.0 Å². The van der Waals surface area contributed by atoms with Gasteiger partial charge in [0.05, 0.1) is 17.6 Å². The van der Waals surface area contributed by atoms with Crippen molar-refractivity contribution in [2.45, 2.75) is 12.8 Å². The number of hydrogen-bond acceptors (Lipinski definition) is 3. The highest BCUT2D eigenvalue weighted by atomic mass is 15.4. The molecule has 1 aromatic carbocycles. The molecule has 0 amide bonds. The molecule has 2 aromatic rings. The Hall–Kier alpha value is -1.68. The molecule has 0 saturated carbocycles. The van der Waals surface area contributed by atoms with Crippen LogP contribution in [0.25, 0.3) is 5.69 Å². The molecule has 4 nitrogen and oxygen atoms in total. The number of nitrogens with two attached hydrogens (primary N) is 1. The van der Waals surface area contributed by atoms with Gasteiger partial charge in [-0.2, -0.15) is 0 Å². The standard InChI is InChI=1S/C11H14N4/c12-8-4-7-11-9-13-14-15(11)10-5-2-1-3-6-10/h1-3,5-6,9H,4,7-8,12H2. The van der Waals surface area contributed by atoms with Gasteiger partial charge >= 0.3 is 0 Å². The molecule has 1 heterocycles. The highest BCUT2D eigenvalue weighted by Gasteiger charge is 2.04. The lowest BCUT2D eigenvalue weighted by molar-refractivity contribution is 0.729. The lowest BCUT2D eigenvalue weighted by atomic mass is 10.2. The molecule has 0 bridgehead atoms. The molecule has 2 N–H and O–H groups in total. The Morgan fingerprint density at radius 3 is 2.73 bits per heavy atom. The van der Waals surface area contributed by atoms with E-state index in [2.05, 4.69) is 10.3 Å². The summed E-state index contributed by atoms with van der Waals surface area (Å²) >= 11 is 0. The number of hydrogen-bond donors (Lipinski definition) is 1. The van der Waals surface area contributed by atoms with Crippen LogP contribution in [0.5, 0.6) is 0 Å². The average molecular weight is 202 g/mol. The Morgan fingerprint density at radius 1 is 1.20 bits per heavy atom. The Balaban J connectivity index is 2.25. The zero-order chi connectivity index (χ0) is 10.5. The fraction of sp³-hybridized carbons (Fsp3) is 0.273. The molecule has 15 heavy (non-hydrogen) atoms. The maximum Gasteiger partial charge on any atom is 0.0729 e. The van der Waals surface area contributed by atoms with Crippen LogP contribution in [0.15, 0.2) is 36.5 Å². The number of nitrogens with zero attached hydrogens (tertiary/aromatic N) is 3. The minimum atomic E-state index is 0.694. The monoisotopic (exact) mass is 202 g/mol. The van der Waals surface area contributed by atoms with Crippen molar-refractivity contribution in [2.24, 2.45) is 5.73 Å². The first kappa shape index (κ1) is 9.86. The van der Waals surface area contributed by atoms with Gasteiger partial charge in [-0.25, -0.2) is 4.68 Å². The molecular formula is C11H14N4. The molecule has 0 atom stereocenters. The molecule has 0 spiro atoms. The van der Waals surface area contributed by atoms with Crippen LogP contribution in [0.2, 0.25) is 0 Å². The summed E-state index contributed by atoms with van der Waals surface area (Å²) in [5.74, 6) is 0. The minimum Gasteiger partial charge on any atom is -0.330 e. The zero-order valence-corrected chi connectivity index (χ0v) is 8.50. The summed E-state index contributed by atoms with van der Waals surface area (Å²) in [6.07, 6.45) is 3.67. The van der Waals surface area contributed by atoms with Gasteiger partial charge in [0.1, 0.15) is 0 Å². The Morgan fingerprint density at radius 2 is 2.00 bits per heavy atom. The van der Waals surface area contributed by atoms with E-state index in [4.69, 9.17) is 5.73 Å². The first-order chi connectivity index (χ1) is 7.42. The molecule has 0 aliphatic carbocycles. The molecule has 4 heteroatoms. The molecule has 0 saturated heterocycles. The van der Waals surface area contributed by atoms with E-state index in [0.717, 1.165) is 24.2 Å². The van der Waals surface area contributed by atoms with Crippen molar-refractivity contribution in [3.8, 4) is 5.69 Å². The lowest BCUT2D eigenvalue weighted by Crippen LogP contribution is -2.05. The van der Waals surface area contributed by atoms with Crippen molar-refractivity contribution < 1.29 is 0 Å². The largest absolute Gasteiger partial charge is 0.330 e. The van der Waals surface area contributed by atoms with E-state index in [9.17, 15) is 0 Å². The maximum absolute atomic E-state index is 5.48. The normalized spacial score (nSPS) is 10.5. The van der Waals surface area contributed by atoms with Gasteiger partial charge in [0.25, 0.3) is 0 Å². The number of aryl methyl sites for hydroxylation is 1. The van der Waals surface area contributed by atoms with E-state index in [0.29, 0.717) is 6.54 Å². The quantitative estimate of drug-likeness (QED) is 0.809. The summed E-state index contributed by atoms with van der Waals surface area (Å²) in [5.41, 5.74) is 7.63. The summed E-state index contributed by atoms with van der Waals surface area (Å²) in [6.45, 7) is 0.694. The van der Waals surface area contributed by atoms with Gasteiger partial charge in [0.15, 0.2) is 0 Å². The summed E-state index contributed by atoms with van der Waals surface area (Å²) in [7, 11) is 0. The number of benzene rings is 1. The molecule has 78 valence electrons. The Kier molecular flexibility index (Phi) is 3.09. The van der Waals surface area contributed by atoms with Crippen LogP contribution in [0.1, 0.15) is 12.1 Å². The van der Waals surface area contributed by atoms with Gasteiger partial charge in [0, 0.05) is 0 Å². The highest BCUT2D eigenvalue weighted by Crippen LogP contribution is 2.09. The lowest BCUT2D eigenvalue weighted by Gasteiger charge is -2.04. The van der Waals surface area contributed by atoms with Crippen LogP contribution in [-0.2, 0) is 6.42 Å². The maximum atomic E-state index is 5.48. The zero-order valence-electron chi connectivity index (χ0n) is 8.50. The summed E-state index contributed by atoms with van der Waals surface area (Å²) in [4.78, 5) is 0. The molecule has 0 fully saturated rings.